The van der Waals surface area contributed by atoms with E-state index in [1.165, 1.54) is 0 Å². The lowest BCUT2D eigenvalue weighted by molar-refractivity contribution is -0.135. The van der Waals surface area contributed by atoms with E-state index >= 15 is 0 Å². The number of nitrogens with zero attached hydrogens (tertiary/aromatic N) is 1. The topological polar surface area (TPSA) is 49.4 Å². The van der Waals surface area contributed by atoms with Crippen LogP contribution in [0.3, 0.4) is 0 Å². The van der Waals surface area contributed by atoms with Gasteiger partial charge in [-0.1, -0.05) is 30.7 Å². The van der Waals surface area contributed by atoms with Gasteiger partial charge in [0.2, 0.25) is 11.8 Å². The Morgan fingerprint density at radius 1 is 1.18 bits per heavy atom. The van der Waals surface area contributed by atoms with Gasteiger partial charge in [0.25, 0.3) is 0 Å². The van der Waals surface area contributed by atoms with Crippen molar-refractivity contribution in [2.24, 2.45) is 17.8 Å². The number of piperidine rings is 1. The number of benzene rings is 1. The monoisotopic (exact) mass is 320 g/mol. The van der Waals surface area contributed by atoms with Gasteiger partial charge in [-0.3, -0.25) is 9.59 Å². The fraction of sp³-hybridized carbons (Fsp3) is 0.529. The molecule has 2 atom stereocenters. The Balaban J connectivity index is 1.54. The zero-order valence-electron chi connectivity index (χ0n) is 12.7. The lowest BCUT2D eigenvalue weighted by atomic mass is 9.99. The van der Waals surface area contributed by atoms with Crippen LogP contribution in [0.1, 0.15) is 26.2 Å². The van der Waals surface area contributed by atoms with Crippen LogP contribution in [-0.2, 0) is 9.59 Å². The maximum absolute atomic E-state index is 12.4. The van der Waals surface area contributed by atoms with Crippen molar-refractivity contribution in [2.75, 3.05) is 18.4 Å². The fourth-order valence-electron chi connectivity index (χ4n) is 3.01. The molecule has 2 unspecified atom stereocenters. The number of likely N-dealkylation sites (tertiary alicyclic amines) is 1. The molecule has 0 radical (unpaired) electrons. The summed E-state index contributed by atoms with van der Waals surface area (Å²) < 4.78 is 0. The van der Waals surface area contributed by atoms with Crippen LogP contribution >= 0.6 is 11.6 Å². The van der Waals surface area contributed by atoms with E-state index in [1.54, 1.807) is 12.1 Å². The quantitative estimate of drug-likeness (QED) is 0.930. The summed E-state index contributed by atoms with van der Waals surface area (Å²) in [6.07, 6.45) is 2.78. The summed E-state index contributed by atoms with van der Waals surface area (Å²) in [6, 6.07) is 7.15. The molecule has 1 saturated carbocycles. The van der Waals surface area contributed by atoms with Gasteiger partial charge in [0, 0.05) is 13.1 Å². The first-order valence-corrected chi connectivity index (χ1v) is 8.28. The summed E-state index contributed by atoms with van der Waals surface area (Å²) in [5.74, 6) is 0.393. The van der Waals surface area contributed by atoms with Gasteiger partial charge in [-0.2, -0.15) is 0 Å². The Labute approximate surface area is 135 Å². The Bertz CT molecular complexity index is 582. The third kappa shape index (κ3) is 3.27. The number of hydrogen-bond acceptors (Lipinski definition) is 2. The van der Waals surface area contributed by atoms with Gasteiger partial charge < -0.3 is 10.2 Å². The molecule has 1 saturated heterocycles. The molecule has 0 bridgehead atoms. The molecule has 2 aliphatic rings. The molecule has 1 aliphatic heterocycles. The third-order valence-electron chi connectivity index (χ3n) is 4.67. The summed E-state index contributed by atoms with van der Waals surface area (Å²) in [6.45, 7) is 3.88. The lowest BCUT2D eigenvalue weighted by Crippen LogP contribution is -2.39. The molecule has 118 valence electrons. The molecule has 1 heterocycles. The van der Waals surface area contributed by atoms with Crippen LogP contribution < -0.4 is 5.32 Å². The summed E-state index contributed by atoms with van der Waals surface area (Å²) in [5.41, 5.74) is 0.610. The van der Waals surface area contributed by atoms with Crippen LogP contribution in [0.5, 0.6) is 0 Å². The number of carbonyl (C=O) groups is 2. The predicted octanol–water partition coefficient (Wildman–Crippen LogP) is 3.17. The van der Waals surface area contributed by atoms with Crippen LogP contribution in [-0.4, -0.2) is 29.8 Å². The molecule has 1 aromatic rings. The number of carbonyl (C=O) groups excluding carboxylic acids is 2. The van der Waals surface area contributed by atoms with Gasteiger partial charge in [0.05, 0.1) is 22.5 Å². The van der Waals surface area contributed by atoms with E-state index in [9.17, 15) is 9.59 Å². The maximum atomic E-state index is 12.4. The van der Waals surface area contributed by atoms with Gasteiger partial charge in [-0.05, 0) is 37.3 Å². The van der Waals surface area contributed by atoms with Crippen molar-refractivity contribution in [2.45, 2.75) is 26.2 Å². The van der Waals surface area contributed by atoms with Gasteiger partial charge in [0.1, 0.15) is 0 Å². The van der Waals surface area contributed by atoms with E-state index in [0.717, 1.165) is 25.9 Å². The highest BCUT2D eigenvalue weighted by Gasteiger charge is 2.49. The van der Waals surface area contributed by atoms with E-state index in [2.05, 4.69) is 12.2 Å². The van der Waals surface area contributed by atoms with E-state index in [4.69, 9.17) is 11.6 Å². The number of halogens is 1. The average molecular weight is 321 g/mol. The highest BCUT2D eigenvalue weighted by Crippen LogP contribution is 2.41. The number of anilines is 1. The molecule has 5 heteroatoms. The molecular formula is C17H21ClN2O2. The molecule has 1 aromatic carbocycles. The summed E-state index contributed by atoms with van der Waals surface area (Å²) in [5, 5.41) is 3.34. The van der Waals surface area contributed by atoms with E-state index in [1.807, 2.05) is 17.0 Å². The van der Waals surface area contributed by atoms with E-state index < -0.39 is 0 Å². The highest BCUT2D eigenvalue weighted by molar-refractivity contribution is 6.33. The number of rotatable bonds is 3. The first kappa shape index (κ1) is 15.3. The highest BCUT2D eigenvalue weighted by atomic mass is 35.5. The largest absolute Gasteiger partial charge is 0.342 e. The normalized spacial score (nSPS) is 24.9. The number of para-hydroxylation sites is 1. The number of amides is 2. The first-order chi connectivity index (χ1) is 10.6. The van der Waals surface area contributed by atoms with Crippen molar-refractivity contribution in [1.82, 2.24) is 4.90 Å². The van der Waals surface area contributed by atoms with Crippen molar-refractivity contribution < 1.29 is 9.59 Å². The van der Waals surface area contributed by atoms with Crippen LogP contribution in [0.25, 0.3) is 0 Å². The average Bonchev–Trinajstić information content (AvgIpc) is 3.30. The SMILES string of the molecule is CC1CCN(C(=O)C2CC2C(=O)Nc2ccccc2Cl)CC1. The van der Waals surface area contributed by atoms with Crippen molar-refractivity contribution in [3.8, 4) is 0 Å². The zero-order valence-corrected chi connectivity index (χ0v) is 13.5. The third-order valence-corrected chi connectivity index (χ3v) is 5.00. The van der Waals surface area contributed by atoms with Gasteiger partial charge >= 0.3 is 0 Å². The molecule has 2 amide bonds. The van der Waals surface area contributed by atoms with Crippen molar-refractivity contribution in [1.29, 1.82) is 0 Å². The number of nitrogens with one attached hydrogen (secondary N) is 1. The Morgan fingerprint density at radius 2 is 1.86 bits per heavy atom. The minimum Gasteiger partial charge on any atom is -0.342 e. The van der Waals surface area contributed by atoms with Crippen LogP contribution in [0.15, 0.2) is 24.3 Å². The smallest absolute Gasteiger partial charge is 0.228 e. The molecule has 4 nitrogen and oxygen atoms in total. The van der Waals surface area contributed by atoms with Crippen molar-refractivity contribution in [3.63, 3.8) is 0 Å². The van der Waals surface area contributed by atoms with Crippen LogP contribution in [0.2, 0.25) is 5.02 Å². The fourth-order valence-corrected chi connectivity index (χ4v) is 3.19. The molecule has 1 aliphatic carbocycles. The Hall–Kier alpha value is -1.55. The number of hydrogen-bond donors (Lipinski definition) is 1. The lowest BCUT2D eigenvalue weighted by Gasteiger charge is -2.30. The second-order valence-electron chi connectivity index (χ2n) is 6.43. The molecule has 3 rings (SSSR count). The van der Waals surface area contributed by atoms with Gasteiger partial charge in [-0.25, -0.2) is 0 Å². The van der Waals surface area contributed by atoms with Crippen LogP contribution in [0.4, 0.5) is 5.69 Å². The Kier molecular flexibility index (Phi) is 4.39. The maximum Gasteiger partial charge on any atom is 0.228 e. The standard InChI is InChI=1S/C17H21ClN2O2/c1-11-6-8-20(9-7-11)17(22)13-10-12(13)16(21)19-15-5-3-2-4-14(15)18/h2-5,11-13H,6-10H2,1H3,(H,19,21). The van der Waals surface area contributed by atoms with Gasteiger partial charge in [-0.15, -0.1) is 0 Å². The van der Waals surface area contributed by atoms with Crippen LogP contribution in [0, 0.1) is 17.8 Å². The zero-order chi connectivity index (χ0) is 15.7. The second-order valence-corrected chi connectivity index (χ2v) is 6.83. The second kappa shape index (κ2) is 6.29. The molecule has 2 fully saturated rings. The molecule has 22 heavy (non-hydrogen) atoms. The van der Waals surface area contributed by atoms with Crippen molar-refractivity contribution in [3.05, 3.63) is 29.3 Å². The molecule has 0 aromatic heterocycles. The summed E-state index contributed by atoms with van der Waals surface area (Å²) in [4.78, 5) is 26.6. The minimum absolute atomic E-state index is 0.100. The predicted molar refractivity (Wildman–Crippen MR) is 86.7 cm³/mol. The van der Waals surface area contributed by atoms with E-state index in [0.29, 0.717) is 23.0 Å². The van der Waals surface area contributed by atoms with Crippen molar-refractivity contribution >= 4 is 29.1 Å². The first-order valence-electron chi connectivity index (χ1n) is 7.90. The molecule has 0 spiro atoms. The summed E-state index contributed by atoms with van der Waals surface area (Å²) in [7, 11) is 0. The van der Waals surface area contributed by atoms with Gasteiger partial charge in [0.15, 0.2) is 0 Å². The summed E-state index contributed by atoms with van der Waals surface area (Å²) >= 11 is 6.04. The van der Waals surface area contributed by atoms with E-state index in [-0.39, 0.29) is 23.7 Å². The molecular weight excluding hydrogens is 300 g/mol. The minimum atomic E-state index is -0.205. The Morgan fingerprint density at radius 3 is 2.55 bits per heavy atom. The molecule has 1 N–H and O–H groups in total.